The first kappa shape index (κ1) is 15.1. The van der Waals surface area contributed by atoms with Crippen molar-refractivity contribution < 1.29 is 14.3 Å². The highest BCUT2D eigenvalue weighted by Gasteiger charge is 2.75. The third kappa shape index (κ3) is 1.70. The maximum Gasteiger partial charge on any atom is 0.313 e. The molecular formula is C18H23NO3. The lowest BCUT2D eigenvalue weighted by Crippen LogP contribution is -2.53. The van der Waals surface area contributed by atoms with Crippen LogP contribution in [-0.2, 0) is 14.3 Å². The predicted octanol–water partition coefficient (Wildman–Crippen LogP) is 2.99. The van der Waals surface area contributed by atoms with Gasteiger partial charge in [0.1, 0.15) is 0 Å². The minimum Gasteiger partial charge on any atom is -0.448 e. The van der Waals surface area contributed by atoms with Gasteiger partial charge in [-0.25, -0.2) is 0 Å². The van der Waals surface area contributed by atoms with Crippen molar-refractivity contribution in [2.24, 2.45) is 10.8 Å². The third-order valence-corrected chi connectivity index (χ3v) is 6.10. The van der Waals surface area contributed by atoms with Crippen molar-refractivity contribution in [3.05, 3.63) is 35.9 Å². The Morgan fingerprint density at radius 1 is 1.18 bits per heavy atom. The molecule has 2 fully saturated rings. The van der Waals surface area contributed by atoms with Crippen LogP contribution in [0.3, 0.4) is 0 Å². The average molecular weight is 301 g/mol. The zero-order valence-corrected chi connectivity index (χ0v) is 13.6. The van der Waals surface area contributed by atoms with Crippen molar-refractivity contribution in [2.75, 3.05) is 0 Å². The summed E-state index contributed by atoms with van der Waals surface area (Å²) in [6, 6.07) is 9.68. The van der Waals surface area contributed by atoms with Gasteiger partial charge < -0.3 is 10.1 Å². The van der Waals surface area contributed by atoms with Crippen LogP contribution in [0.1, 0.15) is 52.1 Å². The number of nitrogens with one attached hydrogen (secondary N) is 1. The fourth-order valence-electron chi connectivity index (χ4n) is 3.89. The fraction of sp³-hybridized carbons (Fsp3) is 0.556. The second kappa shape index (κ2) is 4.58. The Balaban J connectivity index is 1.85. The summed E-state index contributed by atoms with van der Waals surface area (Å²) in [5.74, 6) is -0.422. The van der Waals surface area contributed by atoms with Crippen LogP contribution >= 0.6 is 0 Å². The molecule has 0 unspecified atom stereocenters. The summed E-state index contributed by atoms with van der Waals surface area (Å²) >= 11 is 0. The molecule has 1 aliphatic carbocycles. The first-order valence-electron chi connectivity index (χ1n) is 7.84. The fourth-order valence-corrected chi connectivity index (χ4v) is 3.89. The molecule has 0 aromatic heterocycles. The van der Waals surface area contributed by atoms with Crippen LogP contribution in [0.4, 0.5) is 0 Å². The molecule has 1 amide bonds. The van der Waals surface area contributed by atoms with E-state index in [9.17, 15) is 9.59 Å². The molecule has 2 bridgehead atoms. The topological polar surface area (TPSA) is 55.4 Å². The van der Waals surface area contributed by atoms with E-state index < -0.39 is 16.4 Å². The van der Waals surface area contributed by atoms with Crippen LogP contribution in [0.2, 0.25) is 0 Å². The van der Waals surface area contributed by atoms with Crippen LogP contribution in [0.25, 0.3) is 0 Å². The van der Waals surface area contributed by atoms with Crippen LogP contribution in [-0.4, -0.2) is 17.5 Å². The molecule has 22 heavy (non-hydrogen) atoms. The summed E-state index contributed by atoms with van der Waals surface area (Å²) in [5.41, 5.74) is -1.07. The van der Waals surface area contributed by atoms with Gasteiger partial charge in [0.25, 0.3) is 5.91 Å². The minimum absolute atomic E-state index is 0.120. The number of amides is 1. The van der Waals surface area contributed by atoms with Gasteiger partial charge in [-0.2, -0.15) is 0 Å². The number of benzene rings is 1. The quantitative estimate of drug-likeness (QED) is 0.873. The molecule has 2 aliphatic rings. The lowest BCUT2D eigenvalue weighted by molar-refractivity contribution is -0.168. The third-order valence-electron chi connectivity index (χ3n) is 6.10. The lowest BCUT2D eigenvalue weighted by Gasteiger charge is -2.36. The summed E-state index contributed by atoms with van der Waals surface area (Å²) in [5, 5.41) is 3.03. The average Bonchev–Trinajstić information content (AvgIpc) is 2.78. The number of hydrogen-bond acceptors (Lipinski definition) is 3. The number of carbonyl (C=O) groups is 2. The number of fused-ring (bicyclic) bond motifs is 2. The summed E-state index contributed by atoms with van der Waals surface area (Å²) in [6.45, 7) is 7.80. The van der Waals surface area contributed by atoms with E-state index in [0.29, 0.717) is 12.8 Å². The summed E-state index contributed by atoms with van der Waals surface area (Å²) in [7, 11) is 0. The van der Waals surface area contributed by atoms with Crippen molar-refractivity contribution in [1.29, 1.82) is 0 Å². The molecule has 1 aromatic carbocycles. The zero-order valence-electron chi connectivity index (χ0n) is 13.6. The second-order valence-electron chi connectivity index (χ2n) is 7.28. The predicted molar refractivity (Wildman–Crippen MR) is 82.9 cm³/mol. The van der Waals surface area contributed by atoms with Gasteiger partial charge in [0.2, 0.25) is 0 Å². The standard InChI is InChI=1S/C18H23NO3/c1-12(13-8-6-5-7-9-13)19-14(20)18-11-10-17(4,15(21)22-18)16(18,2)3/h5-9,12H,10-11H2,1-4H3,(H,19,20)/t12-,17+,18+/m0/s1. The van der Waals surface area contributed by atoms with E-state index in [-0.39, 0.29) is 17.9 Å². The molecule has 4 heteroatoms. The number of esters is 1. The van der Waals surface area contributed by atoms with Gasteiger partial charge >= 0.3 is 5.97 Å². The molecule has 118 valence electrons. The van der Waals surface area contributed by atoms with E-state index in [4.69, 9.17) is 4.74 Å². The number of ether oxygens (including phenoxy) is 1. The second-order valence-corrected chi connectivity index (χ2v) is 7.28. The Bertz CT molecular complexity index is 624. The van der Waals surface area contributed by atoms with Crippen LogP contribution in [0.5, 0.6) is 0 Å². The number of carbonyl (C=O) groups excluding carboxylic acids is 2. The highest BCUT2D eigenvalue weighted by atomic mass is 16.6. The highest BCUT2D eigenvalue weighted by Crippen LogP contribution is 2.65. The molecule has 3 atom stereocenters. The molecule has 0 radical (unpaired) electrons. The van der Waals surface area contributed by atoms with Gasteiger partial charge in [-0.1, -0.05) is 44.2 Å². The first-order valence-corrected chi connectivity index (χ1v) is 7.84. The highest BCUT2D eigenvalue weighted by molar-refractivity contribution is 5.96. The number of rotatable bonds is 3. The maximum atomic E-state index is 12.9. The monoisotopic (exact) mass is 301 g/mol. The van der Waals surface area contributed by atoms with E-state index in [1.54, 1.807) is 0 Å². The van der Waals surface area contributed by atoms with Crippen molar-refractivity contribution in [1.82, 2.24) is 5.32 Å². The van der Waals surface area contributed by atoms with Gasteiger partial charge in [0.05, 0.1) is 11.5 Å². The van der Waals surface area contributed by atoms with E-state index >= 15 is 0 Å². The molecule has 1 aliphatic heterocycles. The maximum absolute atomic E-state index is 12.9. The van der Waals surface area contributed by atoms with Crippen LogP contribution < -0.4 is 5.32 Å². The molecular weight excluding hydrogens is 278 g/mol. The van der Waals surface area contributed by atoms with Crippen molar-refractivity contribution in [3.63, 3.8) is 0 Å². The molecule has 1 saturated carbocycles. The Labute approximate surface area is 131 Å². The Kier molecular flexibility index (Phi) is 3.13. The molecule has 4 nitrogen and oxygen atoms in total. The Morgan fingerprint density at radius 2 is 1.82 bits per heavy atom. The normalized spacial score (nSPS) is 33.4. The van der Waals surface area contributed by atoms with E-state index in [1.165, 1.54) is 0 Å². The van der Waals surface area contributed by atoms with Gasteiger partial charge in [-0.3, -0.25) is 9.59 Å². The zero-order chi connectivity index (χ0) is 16.2. The van der Waals surface area contributed by atoms with Crippen LogP contribution in [0, 0.1) is 10.8 Å². The smallest absolute Gasteiger partial charge is 0.313 e. The van der Waals surface area contributed by atoms with Crippen molar-refractivity contribution in [2.45, 2.75) is 52.2 Å². The molecule has 3 rings (SSSR count). The molecule has 1 heterocycles. The van der Waals surface area contributed by atoms with Gasteiger partial charge in [-0.15, -0.1) is 0 Å². The number of hydrogen-bond donors (Lipinski definition) is 1. The summed E-state index contributed by atoms with van der Waals surface area (Å²) < 4.78 is 5.61. The Hall–Kier alpha value is -1.84. The van der Waals surface area contributed by atoms with E-state index in [0.717, 1.165) is 5.56 Å². The van der Waals surface area contributed by atoms with Gasteiger partial charge in [-0.05, 0) is 32.3 Å². The minimum atomic E-state index is -1.04. The largest absolute Gasteiger partial charge is 0.448 e. The van der Waals surface area contributed by atoms with Gasteiger partial charge in [0, 0.05) is 5.41 Å². The summed E-state index contributed by atoms with van der Waals surface area (Å²) in [6.07, 6.45) is 1.29. The van der Waals surface area contributed by atoms with Crippen LogP contribution in [0.15, 0.2) is 30.3 Å². The van der Waals surface area contributed by atoms with Crippen molar-refractivity contribution >= 4 is 11.9 Å². The SMILES string of the molecule is C[C@H](NC(=O)[C@@]12CC[C@](C)(C(=O)O1)C2(C)C)c1ccccc1. The molecule has 1 aromatic rings. The molecule has 1 saturated heterocycles. The molecule has 0 spiro atoms. The van der Waals surface area contributed by atoms with E-state index in [2.05, 4.69) is 5.32 Å². The summed E-state index contributed by atoms with van der Waals surface area (Å²) in [4.78, 5) is 25.2. The van der Waals surface area contributed by atoms with E-state index in [1.807, 2.05) is 58.0 Å². The first-order chi connectivity index (χ1) is 10.2. The lowest BCUT2D eigenvalue weighted by atomic mass is 9.66. The Morgan fingerprint density at radius 3 is 2.32 bits per heavy atom. The van der Waals surface area contributed by atoms with Gasteiger partial charge in [0.15, 0.2) is 5.60 Å². The molecule has 1 N–H and O–H groups in total. The van der Waals surface area contributed by atoms with Crippen molar-refractivity contribution in [3.8, 4) is 0 Å².